The van der Waals surface area contributed by atoms with Gasteiger partial charge in [0.05, 0.1) is 5.92 Å². The summed E-state index contributed by atoms with van der Waals surface area (Å²) in [5.41, 5.74) is 2.33. The number of ketones is 1. The Morgan fingerprint density at radius 1 is 0.867 bits per heavy atom. The second kappa shape index (κ2) is 10.2. The summed E-state index contributed by atoms with van der Waals surface area (Å²) in [5.74, 6) is -1.38. The first kappa shape index (κ1) is 21.7. The van der Waals surface area contributed by atoms with Crippen LogP contribution < -0.4 is 0 Å². The Morgan fingerprint density at radius 3 is 1.93 bits per heavy atom. The summed E-state index contributed by atoms with van der Waals surface area (Å²) in [6.45, 7) is 1.70. The molecule has 0 saturated carbocycles. The minimum atomic E-state index is -0.577. The van der Waals surface area contributed by atoms with Gasteiger partial charge < -0.3 is 0 Å². The number of benzene rings is 3. The topological polar surface area (TPSA) is 60.2 Å². The molecule has 0 spiro atoms. The molecule has 0 heterocycles. The Labute approximate surface area is 181 Å². The Balaban J connectivity index is 2.15. The van der Waals surface area contributed by atoms with Crippen LogP contribution in [0.4, 0.5) is 0 Å². The van der Waals surface area contributed by atoms with Crippen molar-refractivity contribution in [2.45, 2.75) is 25.2 Å². The number of halogens is 1. The Bertz CT molecular complexity index is 974. The number of hydrogen-bond acceptors (Lipinski definition) is 3. The molecule has 0 aliphatic rings. The van der Waals surface area contributed by atoms with Crippen LogP contribution in [0.15, 0.2) is 84.9 Å². The highest BCUT2D eigenvalue weighted by atomic mass is 35.5. The van der Waals surface area contributed by atoms with E-state index in [9.17, 15) is 14.9 Å². The van der Waals surface area contributed by atoms with Crippen molar-refractivity contribution >= 4 is 17.4 Å². The smallest absolute Gasteiger partial charge is 0.211 e. The zero-order valence-electron chi connectivity index (χ0n) is 16.8. The van der Waals surface area contributed by atoms with E-state index >= 15 is 0 Å². The van der Waals surface area contributed by atoms with Crippen molar-refractivity contribution in [1.82, 2.24) is 0 Å². The van der Waals surface area contributed by atoms with E-state index in [1.165, 1.54) is 0 Å². The van der Waals surface area contributed by atoms with Gasteiger partial charge in [0.1, 0.15) is 0 Å². The fourth-order valence-corrected chi connectivity index (χ4v) is 4.26. The molecule has 0 saturated heterocycles. The average Bonchev–Trinajstić information content (AvgIpc) is 2.77. The predicted octanol–water partition coefficient (Wildman–Crippen LogP) is 6.39. The molecule has 5 heteroatoms. The lowest BCUT2D eigenvalue weighted by molar-refractivity contribution is -0.484. The van der Waals surface area contributed by atoms with Crippen LogP contribution in [0, 0.1) is 16.0 Å². The molecule has 0 aromatic heterocycles. The molecule has 0 fully saturated rings. The van der Waals surface area contributed by atoms with Crippen molar-refractivity contribution in [3.8, 4) is 0 Å². The minimum Gasteiger partial charge on any atom is -0.294 e. The van der Waals surface area contributed by atoms with Crippen LogP contribution in [0.1, 0.15) is 46.7 Å². The number of carbonyl (C=O) groups is 1. The van der Waals surface area contributed by atoms with Gasteiger partial charge >= 0.3 is 0 Å². The van der Waals surface area contributed by atoms with Crippen LogP contribution in [-0.2, 0) is 0 Å². The minimum absolute atomic E-state index is 0.0758. The maximum Gasteiger partial charge on any atom is 0.211 e. The maximum absolute atomic E-state index is 13.7. The SMILES string of the molecule is CC[C@H](c1ccccc1)[C@H](C(=O)c1ccccc1)[C@@H](C[N+](=O)[O-])c1ccc(Cl)cc1. The van der Waals surface area contributed by atoms with Gasteiger partial charge in [-0.25, -0.2) is 0 Å². The van der Waals surface area contributed by atoms with Crippen molar-refractivity contribution in [2.24, 2.45) is 5.92 Å². The van der Waals surface area contributed by atoms with Gasteiger partial charge in [-0.05, 0) is 35.6 Å². The van der Waals surface area contributed by atoms with Gasteiger partial charge in [0.15, 0.2) is 5.78 Å². The van der Waals surface area contributed by atoms with Gasteiger partial charge in [0.2, 0.25) is 6.54 Å². The monoisotopic (exact) mass is 421 g/mol. The normalized spacial score (nSPS) is 13.9. The molecular weight excluding hydrogens is 398 g/mol. The summed E-state index contributed by atoms with van der Waals surface area (Å²) in [6.07, 6.45) is 0.690. The van der Waals surface area contributed by atoms with Crippen molar-refractivity contribution in [1.29, 1.82) is 0 Å². The van der Waals surface area contributed by atoms with Crippen LogP contribution in [0.25, 0.3) is 0 Å². The molecule has 0 N–H and O–H groups in total. The van der Waals surface area contributed by atoms with Crippen molar-refractivity contribution in [2.75, 3.05) is 6.54 Å². The van der Waals surface area contributed by atoms with E-state index in [-0.39, 0.29) is 23.2 Å². The molecule has 0 bridgehead atoms. The second-order valence-electron chi connectivity index (χ2n) is 7.35. The number of Topliss-reactive ketones (excluding diaryl/α,β-unsaturated/α-hetero) is 1. The molecule has 3 aromatic rings. The van der Waals surface area contributed by atoms with E-state index in [1.54, 1.807) is 36.4 Å². The van der Waals surface area contributed by atoms with E-state index in [1.807, 2.05) is 55.5 Å². The molecule has 4 nitrogen and oxygen atoms in total. The molecule has 154 valence electrons. The molecule has 3 aromatic carbocycles. The molecule has 3 atom stereocenters. The molecule has 0 aliphatic carbocycles. The highest BCUT2D eigenvalue weighted by Crippen LogP contribution is 2.40. The van der Waals surface area contributed by atoms with E-state index < -0.39 is 11.8 Å². The van der Waals surface area contributed by atoms with Gasteiger partial charge in [-0.15, -0.1) is 0 Å². The quantitative estimate of drug-likeness (QED) is 0.228. The molecule has 3 rings (SSSR count). The summed E-state index contributed by atoms with van der Waals surface area (Å²) >= 11 is 6.05. The first-order chi connectivity index (χ1) is 14.5. The van der Waals surface area contributed by atoms with Gasteiger partial charge in [-0.2, -0.15) is 0 Å². The molecule has 0 amide bonds. The molecule has 0 radical (unpaired) electrons. The van der Waals surface area contributed by atoms with Gasteiger partial charge in [0.25, 0.3) is 0 Å². The van der Waals surface area contributed by atoms with Gasteiger partial charge in [-0.1, -0.05) is 91.3 Å². The summed E-state index contributed by atoms with van der Waals surface area (Å²) < 4.78 is 0. The zero-order valence-corrected chi connectivity index (χ0v) is 17.5. The lowest BCUT2D eigenvalue weighted by Gasteiger charge is -2.31. The zero-order chi connectivity index (χ0) is 21.5. The molecule has 0 unspecified atom stereocenters. The second-order valence-corrected chi connectivity index (χ2v) is 7.79. The Hall–Kier alpha value is -2.98. The van der Waals surface area contributed by atoms with Crippen LogP contribution in [-0.4, -0.2) is 17.3 Å². The molecular formula is C25H24ClNO3. The van der Waals surface area contributed by atoms with Gasteiger partial charge in [0, 0.05) is 21.4 Å². The lowest BCUT2D eigenvalue weighted by Crippen LogP contribution is -2.32. The van der Waals surface area contributed by atoms with Crippen LogP contribution in [0.5, 0.6) is 0 Å². The largest absolute Gasteiger partial charge is 0.294 e. The predicted molar refractivity (Wildman–Crippen MR) is 120 cm³/mol. The lowest BCUT2D eigenvalue weighted by atomic mass is 9.70. The van der Waals surface area contributed by atoms with E-state index in [4.69, 9.17) is 11.6 Å². The number of hydrogen-bond donors (Lipinski definition) is 0. The number of carbonyl (C=O) groups excluding carboxylic acids is 1. The summed E-state index contributed by atoms with van der Waals surface area (Å²) in [7, 11) is 0. The summed E-state index contributed by atoms with van der Waals surface area (Å²) in [4.78, 5) is 25.0. The highest BCUT2D eigenvalue weighted by molar-refractivity contribution is 6.30. The summed E-state index contributed by atoms with van der Waals surface area (Å²) in [6, 6.07) is 25.8. The van der Waals surface area contributed by atoms with Crippen LogP contribution in [0.3, 0.4) is 0 Å². The Morgan fingerprint density at radius 2 is 1.40 bits per heavy atom. The number of rotatable bonds is 9. The first-order valence-corrected chi connectivity index (χ1v) is 10.4. The van der Waals surface area contributed by atoms with Crippen LogP contribution >= 0.6 is 11.6 Å². The third-order valence-corrected chi connectivity index (χ3v) is 5.79. The van der Waals surface area contributed by atoms with E-state index in [2.05, 4.69) is 0 Å². The summed E-state index contributed by atoms with van der Waals surface area (Å²) in [5, 5.41) is 12.2. The van der Waals surface area contributed by atoms with Crippen molar-refractivity contribution in [3.63, 3.8) is 0 Å². The number of nitrogens with zero attached hydrogens (tertiary/aromatic N) is 1. The standard InChI is InChI=1S/C25H24ClNO3/c1-2-22(18-9-5-3-6-10-18)24(25(28)20-11-7-4-8-12-20)23(17-27(29)30)19-13-15-21(26)16-14-19/h3-16,22-24H,2,17H2,1H3/t22-,23+,24+/m1/s1. The molecule has 30 heavy (non-hydrogen) atoms. The highest BCUT2D eigenvalue weighted by Gasteiger charge is 2.39. The van der Waals surface area contributed by atoms with E-state index in [0.717, 1.165) is 11.1 Å². The van der Waals surface area contributed by atoms with E-state index in [0.29, 0.717) is 17.0 Å². The first-order valence-electron chi connectivity index (χ1n) is 10.0. The number of nitro groups is 1. The molecule has 0 aliphatic heterocycles. The van der Waals surface area contributed by atoms with Crippen molar-refractivity contribution in [3.05, 3.63) is 117 Å². The van der Waals surface area contributed by atoms with Gasteiger partial charge in [-0.3, -0.25) is 14.9 Å². The average molecular weight is 422 g/mol. The Kier molecular flexibility index (Phi) is 7.36. The fraction of sp³-hybridized carbons (Fsp3) is 0.240. The third-order valence-electron chi connectivity index (χ3n) is 5.54. The maximum atomic E-state index is 13.7. The van der Waals surface area contributed by atoms with Crippen LogP contribution in [0.2, 0.25) is 5.02 Å². The van der Waals surface area contributed by atoms with Crippen molar-refractivity contribution < 1.29 is 9.72 Å². The third kappa shape index (κ3) is 5.14. The fourth-order valence-electron chi connectivity index (χ4n) is 4.13.